The van der Waals surface area contributed by atoms with Gasteiger partial charge in [-0.05, 0) is 35.4 Å². The van der Waals surface area contributed by atoms with Crippen molar-refractivity contribution < 1.29 is 9.53 Å². The summed E-state index contributed by atoms with van der Waals surface area (Å²) in [6.07, 6.45) is 4.69. The van der Waals surface area contributed by atoms with E-state index in [1.807, 2.05) is 42.5 Å². The first-order chi connectivity index (χ1) is 11.7. The SMILES string of the molecule is CCCCCCC(=O)Oc1c2ccccc2cc2ccc(Cl)cc12. The van der Waals surface area contributed by atoms with Gasteiger partial charge in [0.15, 0.2) is 0 Å². The van der Waals surface area contributed by atoms with Gasteiger partial charge in [-0.3, -0.25) is 4.79 Å². The number of fused-ring (bicyclic) bond motifs is 2. The van der Waals surface area contributed by atoms with Crippen LogP contribution in [0.15, 0.2) is 48.5 Å². The summed E-state index contributed by atoms with van der Waals surface area (Å²) in [6.45, 7) is 2.16. The van der Waals surface area contributed by atoms with Gasteiger partial charge in [0, 0.05) is 22.2 Å². The fraction of sp³-hybridized carbons (Fsp3) is 0.286. The van der Waals surface area contributed by atoms with E-state index in [9.17, 15) is 4.79 Å². The molecule has 0 aromatic heterocycles. The number of carbonyl (C=O) groups excluding carboxylic acids is 1. The third-order valence-electron chi connectivity index (χ3n) is 4.23. The lowest BCUT2D eigenvalue weighted by Gasteiger charge is -2.12. The van der Waals surface area contributed by atoms with E-state index in [1.165, 1.54) is 0 Å². The molecule has 0 fully saturated rings. The number of esters is 1. The Morgan fingerprint density at radius 2 is 1.75 bits per heavy atom. The van der Waals surface area contributed by atoms with E-state index in [1.54, 1.807) is 0 Å². The standard InChI is InChI=1S/C21H21ClO2/c1-2-3-4-5-10-20(23)24-21-18-9-7-6-8-15(18)13-16-11-12-17(22)14-19(16)21/h6-9,11-14H,2-5,10H2,1H3. The number of carbonyl (C=O) groups is 1. The van der Waals surface area contributed by atoms with E-state index in [-0.39, 0.29) is 5.97 Å². The number of unbranched alkanes of at least 4 members (excludes halogenated alkanes) is 3. The minimum Gasteiger partial charge on any atom is -0.425 e. The molecule has 3 heteroatoms. The van der Waals surface area contributed by atoms with Crippen LogP contribution in [0, 0.1) is 0 Å². The highest BCUT2D eigenvalue weighted by molar-refractivity contribution is 6.31. The van der Waals surface area contributed by atoms with Gasteiger partial charge in [-0.1, -0.05) is 68.1 Å². The number of ether oxygens (including phenoxy) is 1. The summed E-state index contributed by atoms with van der Waals surface area (Å²) in [4.78, 5) is 12.3. The number of benzene rings is 3. The summed E-state index contributed by atoms with van der Waals surface area (Å²) >= 11 is 6.16. The van der Waals surface area contributed by atoms with Gasteiger partial charge < -0.3 is 4.74 Å². The molecular formula is C21H21ClO2. The molecule has 0 aliphatic carbocycles. The molecule has 0 heterocycles. The molecule has 2 nitrogen and oxygen atoms in total. The van der Waals surface area contributed by atoms with Gasteiger partial charge in [0.2, 0.25) is 0 Å². The maximum atomic E-state index is 12.3. The van der Waals surface area contributed by atoms with Crippen molar-refractivity contribution in [3.05, 3.63) is 53.6 Å². The normalized spacial score (nSPS) is 11.1. The van der Waals surface area contributed by atoms with Crippen molar-refractivity contribution in [1.82, 2.24) is 0 Å². The number of rotatable bonds is 6. The minimum atomic E-state index is -0.177. The van der Waals surface area contributed by atoms with Gasteiger partial charge in [-0.25, -0.2) is 0 Å². The smallest absolute Gasteiger partial charge is 0.311 e. The Bertz CT molecular complexity index is 870. The maximum absolute atomic E-state index is 12.3. The lowest BCUT2D eigenvalue weighted by molar-refractivity contribution is -0.134. The Hall–Kier alpha value is -2.06. The molecule has 0 bridgehead atoms. The Labute approximate surface area is 147 Å². The number of hydrogen-bond donors (Lipinski definition) is 0. The molecule has 24 heavy (non-hydrogen) atoms. The molecule has 124 valence electrons. The zero-order valence-corrected chi connectivity index (χ0v) is 14.6. The van der Waals surface area contributed by atoms with Gasteiger partial charge in [0.1, 0.15) is 5.75 Å². The summed E-state index contributed by atoms with van der Waals surface area (Å²) in [5.41, 5.74) is 0. The van der Waals surface area contributed by atoms with Gasteiger partial charge in [-0.2, -0.15) is 0 Å². The number of hydrogen-bond acceptors (Lipinski definition) is 2. The van der Waals surface area contributed by atoms with E-state index in [0.29, 0.717) is 17.2 Å². The van der Waals surface area contributed by atoms with E-state index in [4.69, 9.17) is 16.3 Å². The lowest BCUT2D eigenvalue weighted by atomic mass is 10.0. The summed E-state index contributed by atoms with van der Waals surface area (Å²) < 4.78 is 5.78. The van der Waals surface area contributed by atoms with Crippen molar-refractivity contribution in [3.8, 4) is 5.75 Å². The van der Waals surface area contributed by atoms with Gasteiger partial charge >= 0.3 is 5.97 Å². The highest BCUT2D eigenvalue weighted by Gasteiger charge is 2.13. The Morgan fingerprint density at radius 3 is 2.58 bits per heavy atom. The molecule has 0 unspecified atom stereocenters. The van der Waals surface area contributed by atoms with Crippen LogP contribution in [0.2, 0.25) is 5.02 Å². The molecule has 0 aliphatic heterocycles. The van der Waals surface area contributed by atoms with E-state index < -0.39 is 0 Å². The molecule has 0 saturated carbocycles. The minimum absolute atomic E-state index is 0.177. The Balaban J connectivity index is 1.97. The molecule has 3 rings (SSSR count). The van der Waals surface area contributed by atoms with Crippen molar-refractivity contribution in [2.24, 2.45) is 0 Å². The second-order valence-electron chi connectivity index (χ2n) is 6.08. The van der Waals surface area contributed by atoms with E-state index in [2.05, 4.69) is 13.0 Å². The third kappa shape index (κ3) is 3.70. The van der Waals surface area contributed by atoms with Gasteiger partial charge in [0.25, 0.3) is 0 Å². The van der Waals surface area contributed by atoms with Crippen LogP contribution in [0.4, 0.5) is 0 Å². The highest BCUT2D eigenvalue weighted by atomic mass is 35.5. The summed E-state index contributed by atoms with van der Waals surface area (Å²) in [5, 5.41) is 4.53. The predicted octanol–water partition coefficient (Wildman–Crippen LogP) is 6.52. The molecule has 0 saturated heterocycles. The molecule has 3 aromatic carbocycles. The van der Waals surface area contributed by atoms with E-state index in [0.717, 1.165) is 47.2 Å². The largest absolute Gasteiger partial charge is 0.425 e. The molecule has 0 amide bonds. The average molecular weight is 341 g/mol. The lowest BCUT2D eigenvalue weighted by Crippen LogP contribution is -2.08. The van der Waals surface area contributed by atoms with Crippen LogP contribution in [0.3, 0.4) is 0 Å². The second-order valence-corrected chi connectivity index (χ2v) is 6.51. The van der Waals surface area contributed by atoms with Gasteiger partial charge in [0.05, 0.1) is 0 Å². The van der Waals surface area contributed by atoms with Gasteiger partial charge in [-0.15, -0.1) is 0 Å². The average Bonchev–Trinajstić information content (AvgIpc) is 2.59. The van der Waals surface area contributed by atoms with Crippen LogP contribution in [0.5, 0.6) is 5.75 Å². The van der Waals surface area contributed by atoms with Crippen LogP contribution >= 0.6 is 11.6 Å². The van der Waals surface area contributed by atoms with Crippen molar-refractivity contribution in [2.75, 3.05) is 0 Å². The Morgan fingerprint density at radius 1 is 0.958 bits per heavy atom. The van der Waals surface area contributed by atoms with Crippen LogP contribution < -0.4 is 4.74 Å². The fourth-order valence-corrected chi connectivity index (χ4v) is 3.14. The monoisotopic (exact) mass is 340 g/mol. The van der Waals surface area contributed by atoms with Crippen molar-refractivity contribution in [3.63, 3.8) is 0 Å². The maximum Gasteiger partial charge on any atom is 0.311 e. The molecular weight excluding hydrogens is 320 g/mol. The molecule has 0 radical (unpaired) electrons. The first-order valence-corrected chi connectivity index (χ1v) is 8.88. The summed E-state index contributed by atoms with van der Waals surface area (Å²) in [7, 11) is 0. The Kier molecular flexibility index (Phi) is 5.37. The van der Waals surface area contributed by atoms with Crippen LogP contribution in [-0.2, 0) is 4.79 Å². The van der Waals surface area contributed by atoms with Crippen LogP contribution in [0.25, 0.3) is 21.5 Å². The van der Waals surface area contributed by atoms with Crippen molar-refractivity contribution in [1.29, 1.82) is 0 Å². The summed E-state index contributed by atoms with van der Waals surface area (Å²) in [6, 6.07) is 15.7. The molecule has 3 aromatic rings. The summed E-state index contributed by atoms with van der Waals surface area (Å²) in [5.74, 6) is 0.440. The second kappa shape index (κ2) is 7.67. The zero-order valence-electron chi connectivity index (χ0n) is 13.8. The van der Waals surface area contributed by atoms with Crippen molar-refractivity contribution >= 4 is 39.1 Å². The first-order valence-electron chi connectivity index (χ1n) is 8.50. The molecule has 0 aliphatic rings. The topological polar surface area (TPSA) is 26.3 Å². The molecule has 0 atom stereocenters. The quantitative estimate of drug-likeness (QED) is 0.221. The van der Waals surface area contributed by atoms with Crippen LogP contribution in [-0.4, -0.2) is 5.97 Å². The first kappa shape index (κ1) is 16.8. The third-order valence-corrected chi connectivity index (χ3v) is 4.46. The van der Waals surface area contributed by atoms with E-state index >= 15 is 0 Å². The van der Waals surface area contributed by atoms with Crippen molar-refractivity contribution in [2.45, 2.75) is 39.0 Å². The predicted molar refractivity (Wildman–Crippen MR) is 101 cm³/mol. The number of halogens is 1. The molecule has 0 N–H and O–H groups in total. The fourth-order valence-electron chi connectivity index (χ4n) is 2.96. The molecule has 0 spiro atoms. The zero-order chi connectivity index (χ0) is 16.9. The van der Waals surface area contributed by atoms with Crippen LogP contribution in [0.1, 0.15) is 39.0 Å². The highest BCUT2D eigenvalue weighted by Crippen LogP contribution is 2.36.